The highest BCUT2D eigenvalue weighted by atomic mass is 16.1. The summed E-state index contributed by atoms with van der Waals surface area (Å²) >= 11 is 0. The molecule has 1 aromatic rings. The molecule has 3 nitrogen and oxygen atoms in total. The number of fused-ring (bicyclic) bond motifs is 1. The standard InChI is InChI=1S/C9H10N2O/c10-8-5-6-3-1-2-4-7(6)9(12)11-8/h1-4,8H,5,10H2,(H,11,12). The molecular formula is C9H10N2O. The fourth-order valence-corrected chi connectivity index (χ4v) is 1.45. The average Bonchev–Trinajstić information content (AvgIpc) is 2.04. The van der Waals surface area contributed by atoms with Gasteiger partial charge in [0.15, 0.2) is 0 Å². The van der Waals surface area contributed by atoms with Crippen molar-refractivity contribution in [2.75, 3.05) is 0 Å². The Kier molecular flexibility index (Phi) is 1.59. The lowest BCUT2D eigenvalue weighted by atomic mass is 9.99. The Bertz CT molecular complexity index is 322. The molecule has 1 aliphatic heterocycles. The van der Waals surface area contributed by atoms with Gasteiger partial charge in [0, 0.05) is 12.0 Å². The molecule has 1 amide bonds. The molecule has 0 saturated heterocycles. The first-order chi connectivity index (χ1) is 5.77. The lowest BCUT2D eigenvalue weighted by Gasteiger charge is -2.21. The summed E-state index contributed by atoms with van der Waals surface area (Å²) in [5.74, 6) is -0.0654. The molecule has 0 fully saturated rings. The van der Waals surface area contributed by atoms with Gasteiger partial charge in [-0.1, -0.05) is 18.2 Å². The van der Waals surface area contributed by atoms with Crippen LogP contribution in [0.1, 0.15) is 15.9 Å². The number of carbonyl (C=O) groups is 1. The molecule has 0 aromatic heterocycles. The molecule has 0 spiro atoms. The summed E-state index contributed by atoms with van der Waals surface area (Å²) in [4.78, 5) is 11.3. The molecule has 62 valence electrons. The molecule has 1 aliphatic rings. The maximum atomic E-state index is 11.3. The first kappa shape index (κ1) is 7.31. The third-order valence-electron chi connectivity index (χ3n) is 2.02. The van der Waals surface area contributed by atoms with Crippen molar-refractivity contribution in [2.24, 2.45) is 5.73 Å². The van der Waals surface area contributed by atoms with Crippen LogP contribution in [0.4, 0.5) is 0 Å². The number of hydrogen-bond donors (Lipinski definition) is 2. The van der Waals surface area contributed by atoms with E-state index in [1.54, 1.807) is 0 Å². The molecule has 2 rings (SSSR count). The van der Waals surface area contributed by atoms with Gasteiger partial charge in [0.2, 0.25) is 0 Å². The minimum atomic E-state index is -0.229. The fourth-order valence-electron chi connectivity index (χ4n) is 1.45. The van der Waals surface area contributed by atoms with Crippen molar-refractivity contribution in [3.8, 4) is 0 Å². The molecule has 0 radical (unpaired) electrons. The molecule has 1 atom stereocenters. The molecule has 0 saturated carbocycles. The average molecular weight is 162 g/mol. The van der Waals surface area contributed by atoms with Crippen LogP contribution in [0.2, 0.25) is 0 Å². The molecule has 0 aliphatic carbocycles. The van der Waals surface area contributed by atoms with Crippen LogP contribution in [0.5, 0.6) is 0 Å². The van der Waals surface area contributed by atoms with E-state index in [4.69, 9.17) is 5.73 Å². The third kappa shape index (κ3) is 1.08. The van der Waals surface area contributed by atoms with E-state index in [0.29, 0.717) is 0 Å². The predicted octanol–water partition coefficient (Wildman–Crippen LogP) is 0.257. The highest BCUT2D eigenvalue weighted by molar-refractivity contribution is 5.96. The van der Waals surface area contributed by atoms with Crippen LogP contribution in [-0.2, 0) is 6.42 Å². The van der Waals surface area contributed by atoms with Crippen molar-refractivity contribution in [1.82, 2.24) is 5.32 Å². The summed E-state index contributed by atoms with van der Waals surface area (Å²) in [5.41, 5.74) is 7.39. The van der Waals surface area contributed by atoms with Crippen molar-refractivity contribution in [2.45, 2.75) is 12.6 Å². The number of nitrogens with two attached hydrogens (primary N) is 1. The van der Waals surface area contributed by atoms with Crippen molar-refractivity contribution in [3.63, 3.8) is 0 Å². The summed E-state index contributed by atoms with van der Waals surface area (Å²) in [7, 11) is 0. The summed E-state index contributed by atoms with van der Waals surface area (Å²) in [6.07, 6.45) is 0.495. The molecule has 12 heavy (non-hydrogen) atoms. The van der Waals surface area contributed by atoms with Gasteiger partial charge in [-0.05, 0) is 11.6 Å². The Morgan fingerprint density at radius 1 is 1.42 bits per heavy atom. The van der Waals surface area contributed by atoms with Crippen molar-refractivity contribution in [3.05, 3.63) is 35.4 Å². The topological polar surface area (TPSA) is 55.1 Å². The van der Waals surface area contributed by atoms with E-state index >= 15 is 0 Å². The lowest BCUT2D eigenvalue weighted by Crippen LogP contribution is -2.46. The van der Waals surface area contributed by atoms with Crippen LogP contribution >= 0.6 is 0 Å². The molecule has 0 bridgehead atoms. The minimum absolute atomic E-state index is 0.0654. The van der Waals surface area contributed by atoms with Gasteiger partial charge in [-0.2, -0.15) is 0 Å². The molecule has 3 N–H and O–H groups in total. The second kappa shape index (κ2) is 2.60. The zero-order valence-electron chi connectivity index (χ0n) is 6.58. The molecule has 1 heterocycles. The normalized spacial score (nSPS) is 21.4. The zero-order valence-corrected chi connectivity index (χ0v) is 6.58. The van der Waals surface area contributed by atoms with E-state index in [2.05, 4.69) is 5.32 Å². The van der Waals surface area contributed by atoms with Gasteiger partial charge in [0.1, 0.15) is 0 Å². The second-order valence-corrected chi connectivity index (χ2v) is 2.94. The van der Waals surface area contributed by atoms with E-state index < -0.39 is 0 Å². The number of amides is 1. The first-order valence-corrected chi connectivity index (χ1v) is 3.92. The van der Waals surface area contributed by atoms with Crippen LogP contribution in [-0.4, -0.2) is 12.1 Å². The van der Waals surface area contributed by atoms with E-state index in [1.165, 1.54) is 0 Å². The lowest BCUT2D eigenvalue weighted by molar-refractivity contribution is 0.0927. The quantitative estimate of drug-likeness (QED) is 0.574. The molecular weight excluding hydrogens is 152 g/mol. The molecule has 3 heteroatoms. The first-order valence-electron chi connectivity index (χ1n) is 3.92. The molecule has 1 unspecified atom stereocenters. The number of rotatable bonds is 0. The van der Waals surface area contributed by atoms with Gasteiger partial charge >= 0.3 is 0 Å². The van der Waals surface area contributed by atoms with Crippen molar-refractivity contribution in [1.29, 1.82) is 0 Å². The Labute approximate surface area is 70.6 Å². The summed E-state index contributed by atoms with van der Waals surface area (Å²) in [6, 6.07) is 7.53. The van der Waals surface area contributed by atoms with Gasteiger partial charge in [0.05, 0.1) is 6.17 Å². The highest BCUT2D eigenvalue weighted by Gasteiger charge is 2.20. The van der Waals surface area contributed by atoms with Crippen molar-refractivity contribution < 1.29 is 4.79 Å². The smallest absolute Gasteiger partial charge is 0.252 e. The Balaban J connectivity index is 2.47. The van der Waals surface area contributed by atoms with E-state index in [-0.39, 0.29) is 12.1 Å². The third-order valence-corrected chi connectivity index (χ3v) is 2.02. The summed E-state index contributed by atoms with van der Waals surface area (Å²) < 4.78 is 0. The number of carbonyl (C=O) groups excluding carboxylic acids is 1. The van der Waals surface area contributed by atoms with Crippen molar-refractivity contribution >= 4 is 5.91 Å². The van der Waals surface area contributed by atoms with Crippen LogP contribution in [0, 0.1) is 0 Å². The number of hydrogen-bond acceptors (Lipinski definition) is 2. The Hall–Kier alpha value is -1.35. The summed E-state index contributed by atoms with van der Waals surface area (Å²) in [5, 5.41) is 2.67. The maximum Gasteiger partial charge on any atom is 0.252 e. The van der Waals surface area contributed by atoms with E-state index in [0.717, 1.165) is 17.5 Å². The zero-order chi connectivity index (χ0) is 8.55. The number of benzene rings is 1. The van der Waals surface area contributed by atoms with E-state index in [1.807, 2.05) is 24.3 Å². The monoisotopic (exact) mass is 162 g/mol. The van der Waals surface area contributed by atoms with Gasteiger partial charge in [-0.3, -0.25) is 4.79 Å². The van der Waals surface area contributed by atoms with E-state index in [9.17, 15) is 4.79 Å². The van der Waals surface area contributed by atoms with Crippen LogP contribution in [0.3, 0.4) is 0 Å². The Morgan fingerprint density at radius 3 is 3.00 bits per heavy atom. The molecule has 1 aromatic carbocycles. The summed E-state index contributed by atoms with van der Waals surface area (Å²) in [6.45, 7) is 0. The maximum absolute atomic E-state index is 11.3. The van der Waals surface area contributed by atoms with Gasteiger partial charge in [-0.25, -0.2) is 0 Å². The van der Waals surface area contributed by atoms with Gasteiger partial charge in [0.25, 0.3) is 5.91 Å². The number of nitrogens with one attached hydrogen (secondary N) is 1. The van der Waals surface area contributed by atoms with Crippen LogP contribution in [0.15, 0.2) is 24.3 Å². The predicted molar refractivity (Wildman–Crippen MR) is 45.6 cm³/mol. The second-order valence-electron chi connectivity index (χ2n) is 2.94. The van der Waals surface area contributed by atoms with Gasteiger partial charge < -0.3 is 11.1 Å². The minimum Gasteiger partial charge on any atom is -0.337 e. The largest absolute Gasteiger partial charge is 0.337 e. The Morgan fingerprint density at radius 2 is 2.17 bits per heavy atom. The van der Waals surface area contributed by atoms with Crippen LogP contribution in [0.25, 0.3) is 0 Å². The fraction of sp³-hybridized carbons (Fsp3) is 0.222. The van der Waals surface area contributed by atoms with Crippen LogP contribution < -0.4 is 11.1 Å². The highest BCUT2D eigenvalue weighted by Crippen LogP contribution is 2.13. The SMILES string of the molecule is NC1Cc2ccccc2C(=O)N1. The van der Waals surface area contributed by atoms with Gasteiger partial charge in [-0.15, -0.1) is 0 Å².